The highest BCUT2D eigenvalue weighted by molar-refractivity contribution is 9.10. The first-order valence-corrected chi connectivity index (χ1v) is 7.90. The van der Waals surface area contributed by atoms with Gasteiger partial charge in [-0.15, -0.1) is 11.3 Å². The number of halogens is 2. The summed E-state index contributed by atoms with van der Waals surface area (Å²) in [5.74, 6) is -0.256. The Morgan fingerprint density at radius 3 is 2.65 bits per heavy atom. The molecule has 1 heterocycles. The minimum absolute atomic E-state index is 0.256. The van der Waals surface area contributed by atoms with Crippen molar-refractivity contribution in [1.29, 1.82) is 0 Å². The van der Waals surface area contributed by atoms with Crippen LogP contribution in [0.2, 0.25) is 0 Å². The lowest BCUT2D eigenvalue weighted by Gasteiger charge is -2.10. The Hall–Kier alpha value is -1.23. The Labute approximate surface area is 128 Å². The van der Waals surface area contributed by atoms with E-state index in [0.717, 1.165) is 25.7 Å². The fourth-order valence-electron chi connectivity index (χ4n) is 2.25. The molecule has 102 valence electrons. The summed E-state index contributed by atoms with van der Waals surface area (Å²) in [6, 6.07) is 12.2. The monoisotopic (exact) mass is 350 g/mol. The van der Waals surface area contributed by atoms with Crippen molar-refractivity contribution in [2.45, 2.75) is 12.5 Å². The number of aliphatic hydroxyl groups is 1. The lowest BCUT2D eigenvalue weighted by Crippen LogP contribution is -2.01. The van der Waals surface area contributed by atoms with E-state index in [-0.39, 0.29) is 5.82 Å². The molecule has 1 unspecified atom stereocenters. The molecule has 0 bridgehead atoms. The van der Waals surface area contributed by atoms with Crippen molar-refractivity contribution in [2.75, 3.05) is 0 Å². The summed E-state index contributed by atoms with van der Waals surface area (Å²) < 4.78 is 15.1. The van der Waals surface area contributed by atoms with E-state index in [4.69, 9.17) is 0 Å². The molecule has 1 N–H and O–H groups in total. The van der Waals surface area contributed by atoms with Crippen LogP contribution in [-0.2, 0) is 6.42 Å². The third kappa shape index (κ3) is 2.64. The SMILES string of the molecule is OC(Cc1ccc(F)cc1)c1csc2c(Br)cccc12. The number of aliphatic hydroxyl groups excluding tert-OH is 1. The van der Waals surface area contributed by atoms with Gasteiger partial charge in [0.15, 0.2) is 0 Å². The van der Waals surface area contributed by atoms with Crippen LogP contribution in [0, 0.1) is 5.82 Å². The van der Waals surface area contributed by atoms with Gasteiger partial charge >= 0.3 is 0 Å². The normalized spacial score (nSPS) is 12.8. The second-order valence-corrected chi connectivity index (χ2v) is 6.39. The molecule has 1 aromatic heterocycles. The van der Waals surface area contributed by atoms with Crippen LogP contribution in [0.4, 0.5) is 4.39 Å². The van der Waals surface area contributed by atoms with Crippen molar-refractivity contribution in [1.82, 2.24) is 0 Å². The molecule has 20 heavy (non-hydrogen) atoms. The summed E-state index contributed by atoms with van der Waals surface area (Å²) in [5, 5.41) is 13.5. The zero-order valence-corrected chi connectivity index (χ0v) is 12.9. The Balaban J connectivity index is 1.91. The number of benzene rings is 2. The summed E-state index contributed by atoms with van der Waals surface area (Å²) in [5.41, 5.74) is 1.85. The fourth-order valence-corrected chi connectivity index (χ4v) is 3.92. The molecule has 1 nitrogen and oxygen atoms in total. The summed E-state index contributed by atoms with van der Waals surface area (Å²) >= 11 is 5.14. The Bertz CT molecular complexity index is 736. The third-order valence-electron chi connectivity index (χ3n) is 3.28. The first-order valence-electron chi connectivity index (χ1n) is 6.23. The van der Waals surface area contributed by atoms with Gasteiger partial charge in [-0.1, -0.05) is 24.3 Å². The molecule has 1 atom stereocenters. The van der Waals surface area contributed by atoms with Gasteiger partial charge < -0.3 is 5.11 Å². The van der Waals surface area contributed by atoms with Crippen LogP contribution < -0.4 is 0 Å². The van der Waals surface area contributed by atoms with Crippen molar-refractivity contribution in [3.8, 4) is 0 Å². The van der Waals surface area contributed by atoms with E-state index in [9.17, 15) is 9.50 Å². The molecule has 0 saturated heterocycles. The maximum atomic E-state index is 12.9. The van der Waals surface area contributed by atoms with E-state index in [1.54, 1.807) is 23.5 Å². The minimum Gasteiger partial charge on any atom is -0.388 e. The average Bonchev–Trinajstić information content (AvgIpc) is 2.87. The van der Waals surface area contributed by atoms with Crippen LogP contribution in [0.15, 0.2) is 52.3 Å². The van der Waals surface area contributed by atoms with Crippen LogP contribution in [0.3, 0.4) is 0 Å². The van der Waals surface area contributed by atoms with Gasteiger partial charge in [-0.3, -0.25) is 0 Å². The van der Waals surface area contributed by atoms with Gasteiger partial charge in [-0.25, -0.2) is 4.39 Å². The lowest BCUT2D eigenvalue weighted by atomic mass is 10.0. The van der Waals surface area contributed by atoms with Crippen molar-refractivity contribution in [3.05, 3.63) is 69.3 Å². The van der Waals surface area contributed by atoms with Crippen molar-refractivity contribution < 1.29 is 9.50 Å². The molecule has 3 aromatic rings. The molecule has 0 aliphatic carbocycles. The smallest absolute Gasteiger partial charge is 0.123 e. The number of rotatable bonds is 3. The van der Waals surface area contributed by atoms with E-state index in [1.807, 2.05) is 23.6 Å². The van der Waals surface area contributed by atoms with Gasteiger partial charge in [-0.05, 0) is 56.0 Å². The largest absolute Gasteiger partial charge is 0.388 e. The number of hydrogen-bond acceptors (Lipinski definition) is 2. The van der Waals surface area contributed by atoms with Crippen molar-refractivity contribution >= 4 is 37.4 Å². The van der Waals surface area contributed by atoms with Gasteiger partial charge in [0, 0.05) is 15.6 Å². The maximum absolute atomic E-state index is 12.9. The summed E-state index contributed by atoms with van der Waals surface area (Å²) in [6.07, 6.45) is -0.0953. The molecule has 3 rings (SSSR count). The van der Waals surface area contributed by atoms with Crippen molar-refractivity contribution in [2.24, 2.45) is 0 Å². The minimum atomic E-state index is -0.580. The number of thiophene rings is 1. The Kier molecular flexibility index (Phi) is 3.87. The van der Waals surface area contributed by atoms with Crippen LogP contribution in [0.5, 0.6) is 0 Å². The van der Waals surface area contributed by atoms with E-state index in [0.29, 0.717) is 6.42 Å². The molecular formula is C16H12BrFOS. The van der Waals surface area contributed by atoms with Crippen LogP contribution in [0.25, 0.3) is 10.1 Å². The fraction of sp³-hybridized carbons (Fsp3) is 0.125. The molecule has 0 spiro atoms. The molecule has 4 heteroatoms. The van der Waals surface area contributed by atoms with Gasteiger partial charge in [0.05, 0.1) is 6.10 Å². The highest BCUT2D eigenvalue weighted by Crippen LogP contribution is 2.36. The van der Waals surface area contributed by atoms with E-state index >= 15 is 0 Å². The quantitative estimate of drug-likeness (QED) is 0.698. The highest BCUT2D eigenvalue weighted by atomic mass is 79.9. The number of fused-ring (bicyclic) bond motifs is 1. The first-order chi connectivity index (χ1) is 9.65. The predicted octanol–water partition coefficient (Wildman–Crippen LogP) is 5.08. The zero-order valence-electron chi connectivity index (χ0n) is 10.5. The second kappa shape index (κ2) is 5.64. The average molecular weight is 351 g/mol. The van der Waals surface area contributed by atoms with Crippen molar-refractivity contribution in [3.63, 3.8) is 0 Å². The first kappa shape index (κ1) is 13.7. The van der Waals surface area contributed by atoms with E-state index < -0.39 is 6.10 Å². The molecule has 0 radical (unpaired) electrons. The predicted molar refractivity (Wildman–Crippen MR) is 84.6 cm³/mol. The third-order valence-corrected chi connectivity index (χ3v) is 5.25. The summed E-state index contributed by atoms with van der Waals surface area (Å²) in [4.78, 5) is 0. The Morgan fingerprint density at radius 2 is 1.90 bits per heavy atom. The highest BCUT2D eigenvalue weighted by Gasteiger charge is 2.15. The van der Waals surface area contributed by atoms with Crippen LogP contribution in [0.1, 0.15) is 17.2 Å². The summed E-state index contributed by atoms with van der Waals surface area (Å²) in [7, 11) is 0. The Morgan fingerprint density at radius 1 is 1.15 bits per heavy atom. The maximum Gasteiger partial charge on any atom is 0.123 e. The molecule has 0 saturated carbocycles. The summed E-state index contributed by atoms with van der Waals surface area (Å²) in [6.45, 7) is 0. The zero-order chi connectivity index (χ0) is 14.1. The molecule has 2 aromatic carbocycles. The van der Waals surface area contributed by atoms with Crippen LogP contribution in [-0.4, -0.2) is 5.11 Å². The van der Waals surface area contributed by atoms with E-state index in [1.165, 1.54) is 12.1 Å². The standard InChI is InChI=1S/C16H12BrFOS/c17-14-3-1-2-12-13(9-20-16(12)14)15(19)8-10-4-6-11(18)7-5-10/h1-7,9,15,19H,8H2. The van der Waals surface area contributed by atoms with Crippen LogP contribution >= 0.6 is 27.3 Å². The van der Waals surface area contributed by atoms with Gasteiger partial charge in [0.1, 0.15) is 5.82 Å². The molecule has 0 amide bonds. The van der Waals surface area contributed by atoms with Gasteiger partial charge in [0.25, 0.3) is 0 Å². The second-order valence-electron chi connectivity index (χ2n) is 4.65. The number of hydrogen-bond donors (Lipinski definition) is 1. The van der Waals surface area contributed by atoms with Gasteiger partial charge in [-0.2, -0.15) is 0 Å². The molecular weight excluding hydrogens is 339 g/mol. The lowest BCUT2D eigenvalue weighted by molar-refractivity contribution is 0.180. The van der Waals surface area contributed by atoms with Gasteiger partial charge in [0.2, 0.25) is 0 Å². The molecule has 0 aliphatic heterocycles. The topological polar surface area (TPSA) is 20.2 Å². The molecule has 0 fully saturated rings. The molecule has 0 aliphatic rings. The van der Waals surface area contributed by atoms with E-state index in [2.05, 4.69) is 15.9 Å².